The van der Waals surface area contributed by atoms with E-state index in [0.29, 0.717) is 18.2 Å². The van der Waals surface area contributed by atoms with Gasteiger partial charge in [-0.15, -0.1) is 11.3 Å². The molecule has 1 aliphatic heterocycles. The van der Waals surface area contributed by atoms with Gasteiger partial charge in [0.1, 0.15) is 10.7 Å². The lowest BCUT2D eigenvalue weighted by molar-refractivity contribution is 0.0879. The third-order valence-electron chi connectivity index (χ3n) is 3.38. The summed E-state index contributed by atoms with van der Waals surface area (Å²) in [6, 6.07) is 0.247. The first-order valence-corrected chi connectivity index (χ1v) is 7.12. The normalized spacial score (nSPS) is 25.1. The van der Waals surface area contributed by atoms with Crippen molar-refractivity contribution in [2.24, 2.45) is 11.7 Å². The Kier molecular flexibility index (Phi) is 4.31. The highest BCUT2D eigenvalue weighted by Crippen LogP contribution is 2.16. The molecule has 2 unspecified atom stereocenters. The average Bonchev–Trinajstić information content (AvgIpc) is 2.81. The molecular weight excluding hydrogens is 248 g/mol. The number of piperidine rings is 1. The number of nitrogens with one attached hydrogen (secondary N) is 1. The molecular formula is C12H20N4OS. The van der Waals surface area contributed by atoms with Crippen molar-refractivity contribution >= 4 is 17.2 Å². The van der Waals surface area contributed by atoms with Gasteiger partial charge in [0, 0.05) is 24.5 Å². The van der Waals surface area contributed by atoms with Gasteiger partial charge in [-0.3, -0.25) is 4.79 Å². The van der Waals surface area contributed by atoms with Crippen molar-refractivity contribution in [2.75, 3.05) is 20.1 Å². The summed E-state index contributed by atoms with van der Waals surface area (Å²) in [6.07, 6.45) is 0.997. The fourth-order valence-electron chi connectivity index (χ4n) is 2.32. The predicted molar refractivity (Wildman–Crippen MR) is 72.5 cm³/mol. The van der Waals surface area contributed by atoms with Crippen LogP contribution in [0.1, 0.15) is 28.8 Å². The van der Waals surface area contributed by atoms with Crippen LogP contribution in [0.4, 0.5) is 0 Å². The van der Waals surface area contributed by atoms with Crippen molar-refractivity contribution < 1.29 is 4.79 Å². The Hall–Kier alpha value is -0.980. The molecule has 3 N–H and O–H groups in total. The van der Waals surface area contributed by atoms with E-state index in [2.05, 4.69) is 29.2 Å². The number of carbonyl (C=O) groups excluding carboxylic acids is 1. The van der Waals surface area contributed by atoms with Gasteiger partial charge in [-0.05, 0) is 25.9 Å². The van der Waals surface area contributed by atoms with Crippen LogP contribution in [0.2, 0.25) is 0 Å². The van der Waals surface area contributed by atoms with E-state index in [4.69, 9.17) is 5.73 Å². The van der Waals surface area contributed by atoms with Crippen molar-refractivity contribution in [1.82, 2.24) is 15.2 Å². The molecule has 1 amide bonds. The second-order valence-corrected chi connectivity index (χ2v) is 5.88. The fraction of sp³-hybridized carbons (Fsp3) is 0.667. The minimum atomic E-state index is -0.0765. The molecule has 0 aliphatic carbocycles. The van der Waals surface area contributed by atoms with E-state index < -0.39 is 0 Å². The van der Waals surface area contributed by atoms with Crippen molar-refractivity contribution in [1.29, 1.82) is 0 Å². The molecule has 2 atom stereocenters. The van der Waals surface area contributed by atoms with Crippen molar-refractivity contribution in [3.05, 3.63) is 16.1 Å². The summed E-state index contributed by atoms with van der Waals surface area (Å²) in [4.78, 5) is 18.5. The highest BCUT2D eigenvalue weighted by atomic mass is 32.1. The molecule has 0 aromatic carbocycles. The molecule has 0 bridgehead atoms. The van der Waals surface area contributed by atoms with Crippen LogP contribution in [-0.4, -0.2) is 42.0 Å². The Labute approximate surface area is 111 Å². The van der Waals surface area contributed by atoms with E-state index in [1.54, 1.807) is 5.38 Å². The fourth-order valence-corrected chi connectivity index (χ4v) is 2.97. The standard InChI is InChI=1S/C12H20N4OS/c1-8-6-16(2)4-3-9(8)15-12(17)10-7-18-11(5-13)14-10/h7-9H,3-6,13H2,1-2H3,(H,15,17). The predicted octanol–water partition coefficient (Wildman–Crippen LogP) is 0.672. The lowest BCUT2D eigenvalue weighted by Gasteiger charge is -2.35. The van der Waals surface area contributed by atoms with Gasteiger partial charge in [0.25, 0.3) is 5.91 Å². The van der Waals surface area contributed by atoms with Crippen LogP contribution < -0.4 is 11.1 Å². The number of rotatable bonds is 3. The SMILES string of the molecule is CC1CN(C)CCC1NC(=O)c1csc(CN)n1. The molecule has 0 saturated carbocycles. The van der Waals surface area contributed by atoms with Gasteiger partial charge in [0.15, 0.2) is 0 Å². The summed E-state index contributed by atoms with van der Waals surface area (Å²) in [5.41, 5.74) is 5.99. The van der Waals surface area contributed by atoms with E-state index >= 15 is 0 Å². The zero-order valence-corrected chi connectivity index (χ0v) is 11.7. The molecule has 2 heterocycles. The number of nitrogens with zero attached hydrogens (tertiary/aromatic N) is 2. The summed E-state index contributed by atoms with van der Waals surface area (Å²) >= 11 is 1.44. The molecule has 1 aliphatic rings. The first-order valence-electron chi connectivity index (χ1n) is 6.24. The number of aromatic nitrogens is 1. The highest BCUT2D eigenvalue weighted by molar-refractivity contribution is 7.09. The first-order chi connectivity index (χ1) is 8.60. The number of hydrogen-bond acceptors (Lipinski definition) is 5. The summed E-state index contributed by atoms with van der Waals surface area (Å²) < 4.78 is 0. The number of thiazole rings is 1. The Morgan fingerprint density at radius 1 is 1.72 bits per heavy atom. The lowest BCUT2D eigenvalue weighted by atomic mass is 9.94. The maximum absolute atomic E-state index is 12.0. The average molecular weight is 268 g/mol. The molecule has 0 spiro atoms. The van der Waals surface area contributed by atoms with Gasteiger partial charge < -0.3 is 16.0 Å². The van der Waals surface area contributed by atoms with Gasteiger partial charge in [-0.1, -0.05) is 6.92 Å². The number of carbonyl (C=O) groups is 1. The Balaban J connectivity index is 1.94. The molecule has 5 nitrogen and oxygen atoms in total. The minimum absolute atomic E-state index is 0.0765. The summed E-state index contributed by atoms with van der Waals surface area (Å²) in [5, 5.41) is 5.66. The van der Waals surface area contributed by atoms with Gasteiger partial charge in [0.2, 0.25) is 0 Å². The Bertz CT molecular complexity index is 420. The monoisotopic (exact) mass is 268 g/mol. The van der Waals surface area contributed by atoms with Gasteiger partial charge in [-0.2, -0.15) is 0 Å². The third kappa shape index (κ3) is 3.07. The topological polar surface area (TPSA) is 71.2 Å². The smallest absolute Gasteiger partial charge is 0.270 e. The van der Waals surface area contributed by atoms with Gasteiger partial charge >= 0.3 is 0 Å². The minimum Gasteiger partial charge on any atom is -0.348 e. The van der Waals surface area contributed by atoms with E-state index in [0.717, 1.165) is 24.5 Å². The molecule has 1 aromatic heterocycles. The third-order valence-corrected chi connectivity index (χ3v) is 4.26. The number of amides is 1. The Morgan fingerprint density at radius 2 is 2.50 bits per heavy atom. The van der Waals surface area contributed by atoms with Crippen molar-refractivity contribution in [3.8, 4) is 0 Å². The van der Waals surface area contributed by atoms with E-state index in [9.17, 15) is 4.79 Å². The Morgan fingerprint density at radius 3 is 3.11 bits per heavy atom. The molecule has 100 valence electrons. The molecule has 1 saturated heterocycles. The molecule has 1 fully saturated rings. The van der Waals surface area contributed by atoms with Crippen LogP contribution in [0.3, 0.4) is 0 Å². The molecule has 18 heavy (non-hydrogen) atoms. The van der Waals surface area contributed by atoms with Gasteiger partial charge in [0.05, 0.1) is 0 Å². The van der Waals surface area contributed by atoms with Gasteiger partial charge in [-0.25, -0.2) is 4.98 Å². The van der Waals surface area contributed by atoms with Crippen LogP contribution in [0.5, 0.6) is 0 Å². The highest BCUT2D eigenvalue weighted by Gasteiger charge is 2.26. The first kappa shape index (κ1) is 13.5. The van der Waals surface area contributed by atoms with E-state index in [-0.39, 0.29) is 11.9 Å². The molecule has 2 rings (SSSR count). The van der Waals surface area contributed by atoms with Crippen LogP contribution in [0, 0.1) is 5.92 Å². The quantitative estimate of drug-likeness (QED) is 0.845. The lowest BCUT2D eigenvalue weighted by Crippen LogP contribution is -2.48. The maximum atomic E-state index is 12.0. The van der Waals surface area contributed by atoms with Crippen LogP contribution >= 0.6 is 11.3 Å². The molecule has 1 aromatic rings. The van der Waals surface area contributed by atoms with E-state index in [1.165, 1.54) is 11.3 Å². The van der Waals surface area contributed by atoms with Crippen LogP contribution in [0.15, 0.2) is 5.38 Å². The number of likely N-dealkylation sites (tertiary alicyclic amines) is 1. The van der Waals surface area contributed by atoms with Crippen molar-refractivity contribution in [2.45, 2.75) is 25.9 Å². The zero-order chi connectivity index (χ0) is 13.1. The van der Waals surface area contributed by atoms with E-state index in [1.807, 2.05) is 0 Å². The largest absolute Gasteiger partial charge is 0.348 e. The van der Waals surface area contributed by atoms with Crippen LogP contribution in [0.25, 0.3) is 0 Å². The summed E-state index contributed by atoms with van der Waals surface area (Å²) in [5.74, 6) is 0.396. The molecule has 0 radical (unpaired) electrons. The summed E-state index contributed by atoms with van der Waals surface area (Å²) in [6.45, 7) is 4.62. The van der Waals surface area contributed by atoms with Crippen LogP contribution in [-0.2, 0) is 6.54 Å². The van der Waals surface area contributed by atoms with Crippen molar-refractivity contribution in [3.63, 3.8) is 0 Å². The number of hydrogen-bond donors (Lipinski definition) is 2. The zero-order valence-electron chi connectivity index (χ0n) is 10.8. The summed E-state index contributed by atoms with van der Waals surface area (Å²) in [7, 11) is 2.11. The second kappa shape index (κ2) is 5.77. The maximum Gasteiger partial charge on any atom is 0.270 e. The number of nitrogens with two attached hydrogens (primary N) is 1. The molecule has 6 heteroatoms. The second-order valence-electron chi connectivity index (χ2n) is 4.94.